The maximum atomic E-state index is 13.5. The highest BCUT2D eigenvalue weighted by molar-refractivity contribution is 7.17. The van der Waals surface area contributed by atoms with Crippen molar-refractivity contribution in [2.45, 2.75) is 13.0 Å². The molecule has 1 unspecified atom stereocenters. The summed E-state index contributed by atoms with van der Waals surface area (Å²) in [5, 5.41) is 14.0. The van der Waals surface area contributed by atoms with Crippen LogP contribution >= 0.6 is 22.9 Å². The van der Waals surface area contributed by atoms with Crippen molar-refractivity contribution in [2.75, 3.05) is 12.4 Å². The second-order valence-corrected chi connectivity index (χ2v) is 8.42. The third-order valence-electron chi connectivity index (χ3n) is 5.09. The number of hydrogen-bond acceptors (Lipinski definition) is 6. The lowest BCUT2D eigenvalue weighted by atomic mass is 10.1. The number of amides is 1. The molecule has 0 saturated heterocycles. The molecule has 0 aliphatic rings. The van der Waals surface area contributed by atoms with Crippen LogP contribution in [0.15, 0.2) is 58.7 Å². The maximum absolute atomic E-state index is 13.5. The average Bonchev–Trinajstić information content (AvgIpc) is 3.24. The molecule has 2 N–H and O–H groups in total. The van der Waals surface area contributed by atoms with Crippen molar-refractivity contribution < 1.29 is 19.4 Å². The van der Waals surface area contributed by atoms with Crippen molar-refractivity contribution >= 4 is 50.7 Å². The minimum atomic E-state index is -1.24. The summed E-state index contributed by atoms with van der Waals surface area (Å²) in [6.07, 6.45) is 0. The van der Waals surface area contributed by atoms with Gasteiger partial charge in [-0.1, -0.05) is 41.9 Å². The normalized spacial score (nSPS) is 11.8. The molecular formula is C23H18ClN3O5S. The number of halogens is 1. The predicted octanol–water partition coefficient (Wildman–Crippen LogP) is 4.68. The molecule has 2 heterocycles. The zero-order chi connectivity index (χ0) is 23.7. The summed E-state index contributed by atoms with van der Waals surface area (Å²) in [5.74, 6) is -1.11. The number of fused-ring (bicyclic) bond motifs is 1. The van der Waals surface area contributed by atoms with E-state index in [-0.39, 0.29) is 21.6 Å². The number of carbonyl (C=O) groups is 2. The molecule has 10 heteroatoms. The molecule has 0 aliphatic heterocycles. The summed E-state index contributed by atoms with van der Waals surface area (Å²) in [4.78, 5) is 43.3. The molecule has 4 rings (SSSR count). The first-order valence-electron chi connectivity index (χ1n) is 9.78. The van der Waals surface area contributed by atoms with Crippen LogP contribution in [-0.4, -0.2) is 33.6 Å². The number of carboxylic acid groups (broad SMARTS) is 1. The van der Waals surface area contributed by atoms with Crippen LogP contribution in [0.4, 0.5) is 5.69 Å². The van der Waals surface area contributed by atoms with Gasteiger partial charge in [0.15, 0.2) is 0 Å². The number of hydrogen-bond donors (Lipinski definition) is 2. The van der Waals surface area contributed by atoms with Crippen LogP contribution < -0.4 is 15.6 Å². The fourth-order valence-electron chi connectivity index (χ4n) is 3.44. The first kappa shape index (κ1) is 22.5. The number of carboxylic acids is 1. The van der Waals surface area contributed by atoms with Crippen molar-refractivity contribution in [3.8, 4) is 17.1 Å². The summed E-state index contributed by atoms with van der Waals surface area (Å²) < 4.78 is 6.49. The molecule has 168 valence electrons. The topological polar surface area (TPSA) is 111 Å². The van der Waals surface area contributed by atoms with Gasteiger partial charge in [0.2, 0.25) is 5.91 Å². The van der Waals surface area contributed by atoms with Gasteiger partial charge in [0.25, 0.3) is 5.56 Å². The van der Waals surface area contributed by atoms with Crippen molar-refractivity contribution in [1.29, 1.82) is 0 Å². The van der Waals surface area contributed by atoms with E-state index in [1.54, 1.807) is 43.3 Å². The smallest absolute Gasteiger partial charge is 0.337 e. The first-order chi connectivity index (χ1) is 15.8. The second-order valence-electron chi connectivity index (χ2n) is 7.12. The summed E-state index contributed by atoms with van der Waals surface area (Å²) in [5.41, 5.74) is 0.192. The Labute approximate surface area is 197 Å². The fraction of sp³-hybridized carbons (Fsp3) is 0.130. The maximum Gasteiger partial charge on any atom is 0.337 e. The number of rotatable bonds is 6. The molecule has 0 aliphatic carbocycles. The van der Waals surface area contributed by atoms with Gasteiger partial charge >= 0.3 is 5.97 Å². The predicted molar refractivity (Wildman–Crippen MR) is 128 cm³/mol. The molecule has 4 aromatic rings. The molecule has 1 amide bonds. The number of anilines is 1. The molecule has 0 spiro atoms. The van der Waals surface area contributed by atoms with Gasteiger partial charge in [-0.05, 0) is 25.1 Å². The number of benzene rings is 2. The summed E-state index contributed by atoms with van der Waals surface area (Å²) in [6.45, 7) is 1.54. The monoisotopic (exact) mass is 483 g/mol. The van der Waals surface area contributed by atoms with E-state index in [1.807, 2.05) is 6.07 Å². The molecule has 1 atom stereocenters. The SMILES string of the molecule is COc1ccc(Cl)cc1NC(=O)C(C)n1c(-c2ccccc2)nc2scc(C(=O)O)c2c1=O. The number of aromatic carboxylic acids is 1. The van der Waals surface area contributed by atoms with Gasteiger partial charge in [-0.25, -0.2) is 9.78 Å². The van der Waals surface area contributed by atoms with Crippen LogP contribution in [0.5, 0.6) is 5.75 Å². The Morgan fingerprint density at radius 2 is 1.94 bits per heavy atom. The number of aromatic nitrogens is 2. The van der Waals surface area contributed by atoms with Crippen LogP contribution in [0.1, 0.15) is 23.3 Å². The number of nitrogens with zero attached hydrogens (tertiary/aromatic N) is 2. The molecule has 2 aromatic heterocycles. The average molecular weight is 484 g/mol. The lowest BCUT2D eigenvalue weighted by Gasteiger charge is -2.20. The molecular weight excluding hydrogens is 466 g/mol. The Hall–Kier alpha value is -3.69. The van der Waals surface area contributed by atoms with E-state index >= 15 is 0 Å². The molecule has 8 nitrogen and oxygen atoms in total. The van der Waals surface area contributed by atoms with E-state index < -0.39 is 23.5 Å². The number of methoxy groups -OCH3 is 1. The van der Waals surface area contributed by atoms with E-state index in [1.165, 1.54) is 23.1 Å². The number of ether oxygens (including phenoxy) is 1. The van der Waals surface area contributed by atoms with E-state index in [4.69, 9.17) is 16.3 Å². The third-order valence-corrected chi connectivity index (χ3v) is 6.20. The van der Waals surface area contributed by atoms with Gasteiger partial charge in [0.05, 0.1) is 23.7 Å². The highest BCUT2D eigenvalue weighted by Gasteiger charge is 2.26. The molecule has 0 saturated carbocycles. The molecule has 2 aromatic carbocycles. The molecule has 0 bridgehead atoms. The zero-order valence-electron chi connectivity index (χ0n) is 17.5. The fourth-order valence-corrected chi connectivity index (χ4v) is 4.52. The van der Waals surface area contributed by atoms with Crippen molar-refractivity contribution in [2.24, 2.45) is 0 Å². The second kappa shape index (κ2) is 9.05. The van der Waals surface area contributed by atoms with Gasteiger partial charge in [-0.15, -0.1) is 11.3 Å². The molecule has 33 heavy (non-hydrogen) atoms. The van der Waals surface area contributed by atoms with Crippen LogP contribution in [0.2, 0.25) is 5.02 Å². The van der Waals surface area contributed by atoms with Crippen LogP contribution in [0.3, 0.4) is 0 Å². The Bertz CT molecular complexity index is 1430. The quantitative estimate of drug-likeness (QED) is 0.412. The Balaban J connectivity index is 1.88. The first-order valence-corrected chi connectivity index (χ1v) is 11.0. The van der Waals surface area contributed by atoms with Gasteiger partial charge in [-0.2, -0.15) is 0 Å². The Kier molecular flexibility index (Phi) is 6.17. The zero-order valence-corrected chi connectivity index (χ0v) is 19.1. The number of thiophene rings is 1. The summed E-state index contributed by atoms with van der Waals surface area (Å²) in [7, 11) is 1.46. The number of nitrogens with one attached hydrogen (secondary N) is 1. The summed E-state index contributed by atoms with van der Waals surface area (Å²) >= 11 is 7.12. The van der Waals surface area contributed by atoms with E-state index in [9.17, 15) is 19.5 Å². The Morgan fingerprint density at radius 3 is 2.61 bits per heavy atom. The van der Waals surface area contributed by atoms with Gasteiger partial charge in [0, 0.05) is 16.0 Å². The lowest BCUT2D eigenvalue weighted by Crippen LogP contribution is -2.33. The number of carbonyl (C=O) groups excluding carboxylic acids is 1. The Morgan fingerprint density at radius 1 is 1.21 bits per heavy atom. The van der Waals surface area contributed by atoms with Gasteiger partial charge in [0.1, 0.15) is 22.4 Å². The van der Waals surface area contributed by atoms with E-state index in [0.717, 1.165) is 11.3 Å². The van der Waals surface area contributed by atoms with Crippen LogP contribution in [0, 0.1) is 0 Å². The van der Waals surface area contributed by atoms with Crippen LogP contribution in [-0.2, 0) is 4.79 Å². The van der Waals surface area contributed by atoms with Crippen molar-refractivity contribution in [3.05, 3.63) is 74.9 Å². The summed E-state index contributed by atoms with van der Waals surface area (Å²) in [6, 6.07) is 12.7. The van der Waals surface area contributed by atoms with Crippen LogP contribution in [0.25, 0.3) is 21.6 Å². The van der Waals surface area contributed by atoms with E-state index in [0.29, 0.717) is 22.0 Å². The molecule has 0 fully saturated rings. The van der Waals surface area contributed by atoms with Gasteiger partial charge < -0.3 is 15.2 Å². The highest BCUT2D eigenvalue weighted by atomic mass is 35.5. The minimum Gasteiger partial charge on any atom is -0.495 e. The van der Waals surface area contributed by atoms with E-state index in [2.05, 4.69) is 10.3 Å². The minimum absolute atomic E-state index is 0.0350. The third kappa shape index (κ3) is 4.20. The van der Waals surface area contributed by atoms with Gasteiger partial charge in [-0.3, -0.25) is 14.2 Å². The largest absolute Gasteiger partial charge is 0.495 e. The van der Waals surface area contributed by atoms with Crippen molar-refractivity contribution in [1.82, 2.24) is 9.55 Å². The highest BCUT2D eigenvalue weighted by Crippen LogP contribution is 2.30. The lowest BCUT2D eigenvalue weighted by molar-refractivity contribution is -0.118. The standard InChI is InChI=1S/C23H18ClN3O5S/c1-12(20(28)25-16-10-14(24)8-9-17(16)32-2)27-19(13-6-4-3-5-7-13)26-21-18(22(27)29)15(11-33-21)23(30)31/h3-12H,1-2H3,(H,25,28)(H,30,31). The van der Waals surface area contributed by atoms with Crippen molar-refractivity contribution in [3.63, 3.8) is 0 Å². The molecule has 0 radical (unpaired) electrons.